The summed E-state index contributed by atoms with van der Waals surface area (Å²) in [5, 5.41) is 8.68. The van der Waals surface area contributed by atoms with Crippen LogP contribution in [0.1, 0.15) is 13.3 Å². The first-order chi connectivity index (χ1) is 3.31. The second kappa shape index (κ2) is 4.05. The fraction of sp³-hybridized carbons (Fsp3) is 1.00. The first-order valence-electron chi connectivity index (χ1n) is 2.41. The zero-order valence-electron chi connectivity index (χ0n) is 4.73. The third kappa shape index (κ3) is 3.72. The number of hydrazine groups is 1. The van der Waals surface area contributed by atoms with E-state index in [2.05, 4.69) is 10.9 Å². The first-order valence-corrected chi connectivity index (χ1v) is 2.41. The van der Waals surface area contributed by atoms with E-state index in [0.717, 1.165) is 6.42 Å². The van der Waals surface area contributed by atoms with Crippen LogP contribution in [-0.4, -0.2) is 18.4 Å². The van der Waals surface area contributed by atoms with Gasteiger partial charge in [-0.3, -0.25) is 5.43 Å². The fourth-order valence-electron chi connectivity index (χ4n) is 0.269. The van der Waals surface area contributed by atoms with Gasteiger partial charge in [0, 0.05) is 0 Å². The number of hydrogen-bond acceptors (Lipinski definition) is 3. The molecule has 44 valence electrons. The van der Waals surface area contributed by atoms with Gasteiger partial charge in [0.15, 0.2) is 0 Å². The third-order valence-corrected chi connectivity index (χ3v) is 0.698. The summed E-state index contributed by atoms with van der Waals surface area (Å²) < 4.78 is 0. The van der Waals surface area contributed by atoms with Crippen LogP contribution in [0, 0.1) is 0 Å². The Balaban J connectivity index is 2.83. The molecule has 0 radical (unpaired) electrons. The molecule has 0 aromatic rings. The Morgan fingerprint density at radius 3 is 2.43 bits per heavy atom. The van der Waals surface area contributed by atoms with Crippen LogP contribution in [0.2, 0.25) is 0 Å². The Hall–Kier alpha value is -0.120. The molecule has 3 nitrogen and oxygen atoms in total. The Kier molecular flexibility index (Phi) is 3.98. The van der Waals surface area contributed by atoms with Gasteiger partial charge in [-0.2, -0.15) is 0 Å². The lowest BCUT2D eigenvalue weighted by Crippen LogP contribution is -2.37. The number of aliphatic hydroxyl groups excluding tert-OH is 1. The minimum absolute atomic E-state index is 0.412. The Morgan fingerprint density at radius 2 is 2.29 bits per heavy atom. The Labute approximate surface area is 43.7 Å². The van der Waals surface area contributed by atoms with Gasteiger partial charge >= 0.3 is 0 Å². The predicted molar refractivity (Wildman–Crippen MR) is 28.5 cm³/mol. The molecule has 0 aliphatic rings. The Morgan fingerprint density at radius 1 is 1.71 bits per heavy atom. The van der Waals surface area contributed by atoms with E-state index in [1.807, 2.05) is 6.92 Å². The number of nitrogens with one attached hydrogen (secondary N) is 2. The fourth-order valence-corrected chi connectivity index (χ4v) is 0.269. The van der Waals surface area contributed by atoms with Gasteiger partial charge in [0.1, 0.15) is 6.23 Å². The summed E-state index contributed by atoms with van der Waals surface area (Å²) in [4.78, 5) is 0. The van der Waals surface area contributed by atoms with Crippen LogP contribution in [0.5, 0.6) is 0 Å². The van der Waals surface area contributed by atoms with Gasteiger partial charge < -0.3 is 5.11 Å². The lowest BCUT2D eigenvalue weighted by Gasteiger charge is -2.06. The second-order valence-electron chi connectivity index (χ2n) is 1.32. The average molecular weight is 104 g/mol. The molecular weight excluding hydrogens is 92.1 g/mol. The van der Waals surface area contributed by atoms with Crippen LogP contribution in [0.4, 0.5) is 0 Å². The van der Waals surface area contributed by atoms with E-state index in [-0.39, 0.29) is 0 Å². The molecule has 1 atom stereocenters. The summed E-state index contributed by atoms with van der Waals surface area (Å²) >= 11 is 0. The van der Waals surface area contributed by atoms with Gasteiger partial charge in [-0.1, -0.05) is 6.92 Å². The van der Waals surface area contributed by atoms with Crippen LogP contribution in [0.15, 0.2) is 0 Å². The zero-order chi connectivity index (χ0) is 5.70. The number of aliphatic hydroxyl groups is 1. The molecule has 0 aromatic heterocycles. The van der Waals surface area contributed by atoms with Crippen molar-refractivity contribution in [3.63, 3.8) is 0 Å². The van der Waals surface area contributed by atoms with Crippen LogP contribution < -0.4 is 10.9 Å². The molecule has 0 saturated heterocycles. The van der Waals surface area contributed by atoms with Crippen molar-refractivity contribution in [2.45, 2.75) is 19.6 Å². The molecule has 0 fully saturated rings. The molecular formula is C4H12N2O. The quantitative estimate of drug-likeness (QED) is 0.332. The minimum Gasteiger partial charge on any atom is -0.377 e. The molecule has 0 aliphatic carbocycles. The second-order valence-corrected chi connectivity index (χ2v) is 1.32. The maximum absolute atomic E-state index is 8.68. The smallest absolute Gasteiger partial charge is 0.116 e. The van der Waals surface area contributed by atoms with Gasteiger partial charge in [0.2, 0.25) is 0 Å². The number of hydrogen-bond donors (Lipinski definition) is 3. The van der Waals surface area contributed by atoms with Gasteiger partial charge in [-0.05, 0) is 13.5 Å². The normalized spacial score (nSPS) is 14.1. The summed E-state index contributed by atoms with van der Waals surface area (Å²) in [6.45, 7) is 1.90. The highest BCUT2D eigenvalue weighted by atomic mass is 16.3. The van der Waals surface area contributed by atoms with Crippen LogP contribution in [0.3, 0.4) is 0 Å². The van der Waals surface area contributed by atoms with Crippen molar-refractivity contribution in [3.8, 4) is 0 Å². The monoisotopic (exact) mass is 104 g/mol. The highest BCUT2D eigenvalue weighted by molar-refractivity contribution is 4.39. The van der Waals surface area contributed by atoms with Crippen LogP contribution >= 0.6 is 0 Å². The highest BCUT2D eigenvalue weighted by Crippen LogP contribution is 1.77. The predicted octanol–water partition coefficient (Wildman–Crippen LogP) is -0.561. The van der Waals surface area contributed by atoms with Gasteiger partial charge in [-0.15, -0.1) is 0 Å². The first kappa shape index (κ1) is 6.88. The van der Waals surface area contributed by atoms with Crippen molar-refractivity contribution in [3.05, 3.63) is 0 Å². The molecule has 0 aromatic carbocycles. The van der Waals surface area contributed by atoms with Gasteiger partial charge in [0.05, 0.1) is 0 Å². The summed E-state index contributed by atoms with van der Waals surface area (Å²) in [5.74, 6) is 0. The largest absolute Gasteiger partial charge is 0.377 e. The number of rotatable bonds is 3. The molecule has 0 spiro atoms. The standard InChI is InChI=1S/C4H12N2O/c1-3-4(7)6-5-2/h4-7H,3H2,1-2H3. The van der Waals surface area contributed by atoms with Gasteiger partial charge in [0.25, 0.3) is 0 Å². The van der Waals surface area contributed by atoms with E-state index in [0.29, 0.717) is 0 Å². The molecule has 0 saturated carbocycles. The third-order valence-electron chi connectivity index (χ3n) is 0.698. The molecule has 0 bridgehead atoms. The van der Waals surface area contributed by atoms with Crippen LogP contribution in [-0.2, 0) is 0 Å². The van der Waals surface area contributed by atoms with Crippen molar-refractivity contribution >= 4 is 0 Å². The molecule has 3 heteroatoms. The van der Waals surface area contributed by atoms with E-state index < -0.39 is 6.23 Å². The van der Waals surface area contributed by atoms with E-state index in [1.54, 1.807) is 7.05 Å². The minimum atomic E-state index is -0.412. The van der Waals surface area contributed by atoms with Crippen molar-refractivity contribution in [2.75, 3.05) is 7.05 Å². The molecule has 0 heterocycles. The topological polar surface area (TPSA) is 44.3 Å². The van der Waals surface area contributed by atoms with E-state index in [9.17, 15) is 0 Å². The Bertz CT molecular complexity index is 40.7. The molecule has 7 heavy (non-hydrogen) atoms. The van der Waals surface area contributed by atoms with Crippen molar-refractivity contribution in [2.24, 2.45) is 0 Å². The summed E-state index contributed by atoms with van der Waals surface area (Å²) in [6, 6.07) is 0. The molecule has 0 amide bonds. The van der Waals surface area contributed by atoms with E-state index in [1.165, 1.54) is 0 Å². The lowest BCUT2D eigenvalue weighted by molar-refractivity contribution is 0.119. The summed E-state index contributed by atoms with van der Waals surface area (Å²) in [7, 11) is 1.72. The molecule has 0 rings (SSSR count). The van der Waals surface area contributed by atoms with Crippen molar-refractivity contribution in [1.29, 1.82) is 0 Å². The van der Waals surface area contributed by atoms with E-state index in [4.69, 9.17) is 5.11 Å². The van der Waals surface area contributed by atoms with E-state index >= 15 is 0 Å². The van der Waals surface area contributed by atoms with Crippen molar-refractivity contribution < 1.29 is 5.11 Å². The summed E-state index contributed by atoms with van der Waals surface area (Å²) in [6.07, 6.45) is 0.311. The van der Waals surface area contributed by atoms with Crippen molar-refractivity contribution in [1.82, 2.24) is 10.9 Å². The average Bonchev–Trinajstić information content (AvgIpc) is 1.68. The molecule has 3 N–H and O–H groups in total. The molecule has 1 unspecified atom stereocenters. The zero-order valence-corrected chi connectivity index (χ0v) is 4.73. The summed E-state index contributed by atoms with van der Waals surface area (Å²) in [5.41, 5.74) is 5.22. The maximum Gasteiger partial charge on any atom is 0.116 e. The SMILES string of the molecule is CCC(O)NNC. The molecule has 0 aliphatic heterocycles. The van der Waals surface area contributed by atoms with Crippen LogP contribution in [0.25, 0.3) is 0 Å². The van der Waals surface area contributed by atoms with Gasteiger partial charge in [-0.25, -0.2) is 5.43 Å². The highest BCUT2D eigenvalue weighted by Gasteiger charge is 1.91. The maximum atomic E-state index is 8.68. The lowest BCUT2D eigenvalue weighted by atomic mass is 10.4.